The lowest BCUT2D eigenvalue weighted by molar-refractivity contribution is -0.130. The number of fused-ring (bicyclic) bond motifs is 1. The van der Waals surface area contributed by atoms with Crippen molar-refractivity contribution in [1.82, 2.24) is 15.1 Å². The Morgan fingerprint density at radius 2 is 1.85 bits per heavy atom. The first-order chi connectivity index (χ1) is 12.9. The third-order valence-electron chi connectivity index (χ3n) is 4.97. The molecule has 4 amide bonds. The molecule has 0 bridgehead atoms. The second-order valence-corrected chi connectivity index (χ2v) is 7.54. The van der Waals surface area contributed by atoms with Crippen molar-refractivity contribution in [1.29, 1.82) is 0 Å². The molecule has 27 heavy (non-hydrogen) atoms. The summed E-state index contributed by atoms with van der Waals surface area (Å²) in [6, 6.07) is 5.86. The molecular formula is C20H28N4O3. The smallest absolute Gasteiger partial charge is 0.317 e. The Balaban J connectivity index is 1.57. The minimum atomic E-state index is -0.0592. The van der Waals surface area contributed by atoms with E-state index in [1.807, 2.05) is 36.9 Å². The fourth-order valence-electron chi connectivity index (χ4n) is 3.54. The number of anilines is 1. The predicted octanol–water partition coefficient (Wildman–Crippen LogP) is 1.77. The Hall–Kier alpha value is -2.57. The molecule has 0 aromatic heterocycles. The van der Waals surface area contributed by atoms with E-state index in [0.717, 1.165) is 23.2 Å². The van der Waals surface area contributed by atoms with E-state index in [-0.39, 0.29) is 23.9 Å². The number of rotatable bonds is 3. The molecule has 146 valence electrons. The quantitative estimate of drug-likeness (QED) is 0.848. The summed E-state index contributed by atoms with van der Waals surface area (Å²) >= 11 is 0. The highest BCUT2D eigenvalue weighted by molar-refractivity contribution is 5.94. The Morgan fingerprint density at radius 3 is 2.63 bits per heavy atom. The van der Waals surface area contributed by atoms with Crippen molar-refractivity contribution in [3.63, 3.8) is 0 Å². The maximum atomic E-state index is 12.7. The number of urea groups is 1. The second-order valence-electron chi connectivity index (χ2n) is 7.54. The van der Waals surface area contributed by atoms with Gasteiger partial charge in [-0.2, -0.15) is 0 Å². The number of carbonyl (C=O) groups excluding carboxylic acids is 3. The standard InChI is InChI=1S/C20H28N4O3/c1-14(2)21-20(27)24-9-3-8-23(10-11-24)19(26)13-15-4-6-17-16(12-15)5-7-18(25)22-17/h4,6,12,14H,3,5,7-11,13H2,1-2H3,(H,21,27)(H,22,25). The van der Waals surface area contributed by atoms with Gasteiger partial charge >= 0.3 is 6.03 Å². The van der Waals surface area contributed by atoms with Crippen LogP contribution in [0, 0.1) is 0 Å². The van der Waals surface area contributed by atoms with E-state index < -0.39 is 0 Å². The van der Waals surface area contributed by atoms with Crippen molar-refractivity contribution < 1.29 is 14.4 Å². The summed E-state index contributed by atoms with van der Waals surface area (Å²) in [5.74, 6) is 0.128. The fraction of sp³-hybridized carbons (Fsp3) is 0.550. The molecule has 1 aromatic rings. The van der Waals surface area contributed by atoms with Gasteiger partial charge in [0.1, 0.15) is 0 Å². The maximum Gasteiger partial charge on any atom is 0.317 e. The van der Waals surface area contributed by atoms with E-state index in [0.29, 0.717) is 45.4 Å². The molecule has 1 aromatic carbocycles. The lowest BCUT2D eigenvalue weighted by Crippen LogP contribution is -2.45. The number of nitrogens with zero attached hydrogens (tertiary/aromatic N) is 2. The van der Waals surface area contributed by atoms with Gasteiger partial charge < -0.3 is 20.4 Å². The van der Waals surface area contributed by atoms with Gasteiger partial charge in [0.05, 0.1) is 6.42 Å². The Kier molecular flexibility index (Phi) is 5.98. The Bertz CT molecular complexity index is 732. The van der Waals surface area contributed by atoms with Crippen molar-refractivity contribution >= 4 is 23.5 Å². The van der Waals surface area contributed by atoms with Crippen molar-refractivity contribution in [2.45, 2.75) is 45.6 Å². The van der Waals surface area contributed by atoms with Gasteiger partial charge in [-0.15, -0.1) is 0 Å². The third kappa shape index (κ3) is 4.99. The number of hydrogen-bond acceptors (Lipinski definition) is 3. The lowest BCUT2D eigenvalue weighted by Gasteiger charge is -2.23. The van der Waals surface area contributed by atoms with Gasteiger partial charge in [0, 0.05) is 44.3 Å². The fourth-order valence-corrected chi connectivity index (χ4v) is 3.54. The second kappa shape index (κ2) is 8.41. The summed E-state index contributed by atoms with van der Waals surface area (Å²) in [4.78, 5) is 40.0. The van der Waals surface area contributed by atoms with Gasteiger partial charge in [-0.1, -0.05) is 12.1 Å². The Morgan fingerprint density at radius 1 is 1.11 bits per heavy atom. The van der Waals surface area contributed by atoms with E-state index in [1.165, 1.54) is 0 Å². The van der Waals surface area contributed by atoms with Crippen molar-refractivity contribution in [3.05, 3.63) is 29.3 Å². The first-order valence-electron chi connectivity index (χ1n) is 9.67. The van der Waals surface area contributed by atoms with Crippen LogP contribution in [0.4, 0.5) is 10.5 Å². The van der Waals surface area contributed by atoms with Crippen LogP contribution in [0.5, 0.6) is 0 Å². The molecule has 0 atom stereocenters. The number of nitrogens with one attached hydrogen (secondary N) is 2. The van der Waals surface area contributed by atoms with Gasteiger partial charge in [-0.05, 0) is 43.9 Å². The SMILES string of the molecule is CC(C)NC(=O)N1CCCN(C(=O)Cc2ccc3c(c2)CCC(=O)N3)CC1. The molecule has 0 saturated carbocycles. The van der Waals surface area contributed by atoms with Gasteiger partial charge in [-0.3, -0.25) is 9.59 Å². The largest absolute Gasteiger partial charge is 0.341 e. The van der Waals surface area contributed by atoms with E-state index in [4.69, 9.17) is 0 Å². The normalized spacial score (nSPS) is 17.2. The van der Waals surface area contributed by atoms with Gasteiger partial charge in [0.2, 0.25) is 11.8 Å². The lowest BCUT2D eigenvalue weighted by atomic mass is 9.99. The molecule has 7 heteroatoms. The summed E-state index contributed by atoms with van der Waals surface area (Å²) in [5, 5.41) is 5.77. The van der Waals surface area contributed by atoms with Gasteiger partial charge in [0.15, 0.2) is 0 Å². The van der Waals surface area contributed by atoms with Crippen LogP contribution in [0.15, 0.2) is 18.2 Å². The minimum absolute atomic E-state index is 0.0435. The van der Waals surface area contributed by atoms with Crippen molar-refractivity contribution in [2.75, 3.05) is 31.5 Å². The van der Waals surface area contributed by atoms with Crippen LogP contribution in [0.3, 0.4) is 0 Å². The van der Waals surface area contributed by atoms with E-state index in [1.54, 1.807) is 4.90 Å². The van der Waals surface area contributed by atoms with E-state index in [9.17, 15) is 14.4 Å². The molecular weight excluding hydrogens is 344 g/mol. The molecule has 7 nitrogen and oxygen atoms in total. The van der Waals surface area contributed by atoms with Crippen LogP contribution in [0.2, 0.25) is 0 Å². The monoisotopic (exact) mass is 372 g/mol. The first kappa shape index (κ1) is 19.2. The average molecular weight is 372 g/mol. The van der Waals surface area contributed by atoms with Crippen molar-refractivity contribution in [3.8, 4) is 0 Å². The molecule has 3 rings (SSSR count). The predicted molar refractivity (Wildman–Crippen MR) is 104 cm³/mol. The van der Waals surface area contributed by atoms with Crippen LogP contribution >= 0.6 is 0 Å². The maximum absolute atomic E-state index is 12.7. The summed E-state index contributed by atoms with van der Waals surface area (Å²) in [6.45, 7) is 6.34. The zero-order valence-corrected chi connectivity index (χ0v) is 16.1. The summed E-state index contributed by atoms with van der Waals surface area (Å²) in [6.07, 6.45) is 2.34. The van der Waals surface area contributed by atoms with Gasteiger partial charge in [0.25, 0.3) is 0 Å². The summed E-state index contributed by atoms with van der Waals surface area (Å²) in [7, 11) is 0. The van der Waals surface area contributed by atoms with Crippen LogP contribution in [0.1, 0.15) is 37.8 Å². The van der Waals surface area contributed by atoms with Crippen LogP contribution < -0.4 is 10.6 Å². The van der Waals surface area contributed by atoms with Gasteiger partial charge in [-0.25, -0.2) is 4.79 Å². The van der Waals surface area contributed by atoms with E-state index in [2.05, 4.69) is 10.6 Å². The highest BCUT2D eigenvalue weighted by Crippen LogP contribution is 2.24. The molecule has 2 aliphatic rings. The molecule has 2 heterocycles. The molecule has 2 aliphatic heterocycles. The number of carbonyl (C=O) groups is 3. The Labute approximate surface area is 160 Å². The molecule has 2 N–H and O–H groups in total. The van der Waals surface area contributed by atoms with E-state index >= 15 is 0 Å². The number of amides is 4. The molecule has 0 radical (unpaired) electrons. The molecule has 0 spiro atoms. The summed E-state index contributed by atoms with van der Waals surface area (Å²) in [5.41, 5.74) is 2.91. The number of hydrogen-bond donors (Lipinski definition) is 2. The molecule has 0 unspecified atom stereocenters. The third-order valence-corrected chi connectivity index (χ3v) is 4.97. The van der Waals surface area contributed by atoms with Crippen molar-refractivity contribution in [2.24, 2.45) is 0 Å². The zero-order chi connectivity index (χ0) is 19.4. The molecule has 1 fully saturated rings. The summed E-state index contributed by atoms with van der Waals surface area (Å²) < 4.78 is 0. The van der Waals surface area contributed by atoms with Crippen LogP contribution in [0.25, 0.3) is 0 Å². The van der Waals surface area contributed by atoms with Crippen LogP contribution in [-0.4, -0.2) is 59.9 Å². The molecule has 1 saturated heterocycles. The van der Waals surface area contributed by atoms with Crippen LogP contribution in [-0.2, 0) is 22.4 Å². The highest BCUT2D eigenvalue weighted by Gasteiger charge is 2.23. The first-order valence-corrected chi connectivity index (χ1v) is 9.67. The highest BCUT2D eigenvalue weighted by atomic mass is 16.2. The average Bonchev–Trinajstić information content (AvgIpc) is 2.87. The topological polar surface area (TPSA) is 81.8 Å². The molecule has 0 aliphatic carbocycles. The zero-order valence-electron chi connectivity index (χ0n) is 16.1. The number of aryl methyl sites for hydroxylation is 1. The number of benzene rings is 1. The minimum Gasteiger partial charge on any atom is -0.341 e.